The summed E-state index contributed by atoms with van der Waals surface area (Å²) in [7, 11) is 0. The van der Waals surface area contributed by atoms with Gasteiger partial charge in [-0.2, -0.15) is 0 Å². The molecule has 0 saturated heterocycles. The van der Waals surface area contributed by atoms with Crippen LogP contribution >= 0.6 is 23.2 Å². The van der Waals surface area contributed by atoms with E-state index in [4.69, 9.17) is 27.9 Å². The number of nitrogens with zero attached hydrogens (tertiary/aromatic N) is 2. The van der Waals surface area contributed by atoms with E-state index >= 15 is 0 Å². The predicted molar refractivity (Wildman–Crippen MR) is 106 cm³/mol. The summed E-state index contributed by atoms with van der Waals surface area (Å²) in [6, 6.07) is 6.20. The van der Waals surface area contributed by atoms with E-state index in [0.717, 1.165) is 25.7 Å². The number of ether oxygens (including phenoxy) is 1. The van der Waals surface area contributed by atoms with E-state index in [2.05, 4.69) is 9.97 Å². The van der Waals surface area contributed by atoms with Crippen LogP contribution in [0.3, 0.4) is 0 Å². The fourth-order valence-electron chi connectivity index (χ4n) is 3.68. The molecule has 0 radical (unpaired) electrons. The Kier molecular flexibility index (Phi) is 5.03. The average molecular weight is 422 g/mol. The normalized spacial score (nSPS) is 19.6. The summed E-state index contributed by atoms with van der Waals surface area (Å²) in [5.74, 6) is -0.670. The molecule has 1 aromatic carbocycles. The SMILES string of the molecule is O=C(O)c1ccc2[nH]c(=O)n([C@H]3CC[C@@H](Oc4ncc(Cl)cc4Cl)CC3)c2c1. The average Bonchev–Trinajstić information content (AvgIpc) is 2.99. The van der Waals surface area contributed by atoms with Crippen molar-refractivity contribution in [2.45, 2.75) is 37.8 Å². The minimum atomic E-state index is -1.02. The maximum absolute atomic E-state index is 12.5. The fourth-order valence-corrected chi connectivity index (χ4v) is 4.11. The van der Waals surface area contributed by atoms with Crippen molar-refractivity contribution < 1.29 is 14.6 Å². The molecular formula is C19H17Cl2N3O4. The smallest absolute Gasteiger partial charge is 0.335 e. The number of aromatic nitrogens is 3. The van der Waals surface area contributed by atoms with Crippen molar-refractivity contribution in [1.29, 1.82) is 0 Å². The number of carbonyl (C=O) groups is 1. The third-order valence-electron chi connectivity index (χ3n) is 5.03. The summed E-state index contributed by atoms with van der Waals surface area (Å²) in [4.78, 5) is 30.6. The van der Waals surface area contributed by atoms with Crippen LogP contribution in [0.5, 0.6) is 5.88 Å². The summed E-state index contributed by atoms with van der Waals surface area (Å²) in [6.07, 6.45) is 4.32. The lowest BCUT2D eigenvalue weighted by atomic mass is 9.92. The van der Waals surface area contributed by atoms with Crippen LogP contribution in [0.2, 0.25) is 10.0 Å². The number of carboxylic acid groups (broad SMARTS) is 1. The molecule has 1 aliphatic rings. The van der Waals surface area contributed by atoms with Crippen LogP contribution < -0.4 is 10.4 Å². The monoisotopic (exact) mass is 421 g/mol. The van der Waals surface area contributed by atoms with Crippen molar-refractivity contribution in [2.24, 2.45) is 0 Å². The number of fused-ring (bicyclic) bond motifs is 1. The molecule has 2 N–H and O–H groups in total. The second-order valence-corrected chi connectivity index (χ2v) is 7.67. The second-order valence-electron chi connectivity index (χ2n) is 6.83. The first-order chi connectivity index (χ1) is 13.4. The molecule has 3 aromatic rings. The summed E-state index contributed by atoms with van der Waals surface area (Å²) in [5.41, 5.74) is 1.16. The largest absolute Gasteiger partial charge is 0.478 e. The van der Waals surface area contributed by atoms with Crippen molar-refractivity contribution >= 4 is 40.2 Å². The lowest BCUT2D eigenvalue weighted by Crippen LogP contribution is -2.30. The zero-order valence-corrected chi connectivity index (χ0v) is 16.2. The minimum Gasteiger partial charge on any atom is -0.478 e. The van der Waals surface area contributed by atoms with Gasteiger partial charge in [0.2, 0.25) is 5.88 Å². The molecule has 0 amide bonds. The van der Waals surface area contributed by atoms with Gasteiger partial charge in [0.1, 0.15) is 11.1 Å². The van der Waals surface area contributed by atoms with Crippen LogP contribution in [0.1, 0.15) is 42.1 Å². The van der Waals surface area contributed by atoms with Crippen molar-refractivity contribution in [3.63, 3.8) is 0 Å². The van der Waals surface area contributed by atoms with Gasteiger partial charge in [-0.3, -0.25) is 4.57 Å². The molecule has 0 atom stereocenters. The molecule has 0 bridgehead atoms. The van der Waals surface area contributed by atoms with Crippen LogP contribution in [0, 0.1) is 0 Å². The number of halogens is 2. The molecule has 28 heavy (non-hydrogen) atoms. The predicted octanol–water partition coefficient (Wildman–Crippen LogP) is 4.29. The number of hydrogen-bond donors (Lipinski definition) is 2. The molecule has 1 fully saturated rings. The van der Waals surface area contributed by atoms with Crippen LogP contribution in [0.25, 0.3) is 11.0 Å². The number of aromatic amines is 1. The summed E-state index contributed by atoms with van der Waals surface area (Å²) in [6.45, 7) is 0. The highest BCUT2D eigenvalue weighted by molar-refractivity contribution is 6.35. The van der Waals surface area contributed by atoms with Gasteiger partial charge in [-0.1, -0.05) is 23.2 Å². The molecule has 2 heterocycles. The molecule has 1 aliphatic carbocycles. The Morgan fingerprint density at radius 3 is 2.64 bits per heavy atom. The Hall–Kier alpha value is -2.51. The Bertz CT molecular complexity index is 1100. The lowest BCUT2D eigenvalue weighted by molar-refractivity contribution is 0.0697. The highest BCUT2D eigenvalue weighted by atomic mass is 35.5. The van der Waals surface area contributed by atoms with Crippen molar-refractivity contribution in [1.82, 2.24) is 14.5 Å². The van der Waals surface area contributed by atoms with E-state index in [0.29, 0.717) is 27.0 Å². The molecule has 9 heteroatoms. The first kappa shape index (κ1) is 18.8. The minimum absolute atomic E-state index is 0.0289. The Balaban J connectivity index is 1.52. The number of aromatic carboxylic acids is 1. The maximum Gasteiger partial charge on any atom is 0.335 e. The highest BCUT2D eigenvalue weighted by Crippen LogP contribution is 2.33. The summed E-state index contributed by atoms with van der Waals surface area (Å²) >= 11 is 12.0. The first-order valence-electron chi connectivity index (χ1n) is 8.87. The van der Waals surface area contributed by atoms with Crippen LogP contribution in [0.15, 0.2) is 35.3 Å². The third kappa shape index (κ3) is 3.59. The third-order valence-corrected chi connectivity index (χ3v) is 5.50. The summed E-state index contributed by atoms with van der Waals surface area (Å²) in [5, 5.41) is 10.0. The summed E-state index contributed by atoms with van der Waals surface area (Å²) < 4.78 is 7.56. The van der Waals surface area contributed by atoms with Gasteiger partial charge in [-0.25, -0.2) is 14.6 Å². The fraction of sp³-hybridized carbons (Fsp3) is 0.316. The molecule has 0 spiro atoms. The maximum atomic E-state index is 12.5. The van der Waals surface area contributed by atoms with Crippen molar-refractivity contribution in [2.75, 3.05) is 0 Å². The number of hydrogen-bond acceptors (Lipinski definition) is 4. The molecule has 0 aliphatic heterocycles. The van der Waals surface area contributed by atoms with Gasteiger partial charge in [0.15, 0.2) is 0 Å². The van der Waals surface area contributed by atoms with Gasteiger partial charge in [0.05, 0.1) is 21.6 Å². The second kappa shape index (κ2) is 7.48. The Morgan fingerprint density at radius 1 is 1.21 bits per heavy atom. The number of rotatable bonds is 4. The highest BCUT2D eigenvalue weighted by Gasteiger charge is 2.27. The van der Waals surface area contributed by atoms with Gasteiger partial charge < -0.3 is 14.8 Å². The van der Waals surface area contributed by atoms with E-state index in [1.807, 2.05) is 0 Å². The van der Waals surface area contributed by atoms with E-state index < -0.39 is 5.97 Å². The zero-order chi connectivity index (χ0) is 19.8. The van der Waals surface area contributed by atoms with Crippen LogP contribution in [-0.2, 0) is 0 Å². The number of pyridine rings is 1. The Labute approximate surface area is 169 Å². The lowest BCUT2D eigenvalue weighted by Gasteiger charge is -2.29. The molecular weight excluding hydrogens is 405 g/mol. The number of nitrogens with one attached hydrogen (secondary N) is 1. The number of carboxylic acids is 1. The Morgan fingerprint density at radius 2 is 1.96 bits per heavy atom. The molecule has 0 unspecified atom stereocenters. The number of imidazole rings is 1. The van der Waals surface area contributed by atoms with Crippen LogP contribution in [0.4, 0.5) is 0 Å². The molecule has 146 valence electrons. The van der Waals surface area contributed by atoms with Gasteiger partial charge in [-0.15, -0.1) is 0 Å². The molecule has 4 rings (SSSR count). The number of benzene rings is 1. The van der Waals surface area contributed by atoms with E-state index in [1.165, 1.54) is 18.3 Å². The van der Waals surface area contributed by atoms with Gasteiger partial charge in [-0.05, 0) is 49.9 Å². The quantitative estimate of drug-likeness (QED) is 0.654. The molecule has 1 saturated carbocycles. The molecule has 2 aromatic heterocycles. The van der Waals surface area contributed by atoms with Crippen LogP contribution in [-0.4, -0.2) is 31.7 Å². The zero-order valence-electron chi connectivity index (χ0n) is 14.7. The van der Waals surface area contributed by atoms with Crippen molar-refractivity contribution in [3.8, 4) is 5.88 Å². The van der Waals surface area contributed by atoms with Gasteiger partial charge >= 0.3 is 11.7 Å². The van der Waals surface area contributed by atoms with Gasteiger partial charge in [0.25, 0.3) is 0 Å². The van der Waals surface area contributed by atoms with E-state index in [9.17, 15) is 14.7 Å². The molecule has 7 nitrogen and oxygen atoms in total. The van der Waals surface area contributed by atoms with E-state index in [-0.39, 0.29) is 23.4 Å². The number of H-pyrrole nitrogens is 1. The topological polar surface area (TPSA) is 97.2 Å². The van der Waals surface area contributed by atoms with E-state index in [1.54, 1.807) is 16.7 Å². The van der Waals surface area contributed by atoms with Gasteiger partial charge in [0, 0.05) is 12.2 Å². The standard InChI is InChI=1S/C19H17Cl2N3O4/c20-11-8-14(21)17(22-9-11)28-13-4-2-12(3-5-13)24-16-7-10(18(25)26)1-6-15(16)23-19(24)27/h1,6-9,12-13H,2-5H2,(H,23,27)(H,25,26)/t12-,13+. The van der Waals surface area contributed by atoms with Crippen molar-refractivity contribution in [3.05, 3.63) is 56.6 Å². The first-order valence-corrected chi connectivity index (χ1v) is 9.63.